The Balaban J connectivity index is 1.42. The molecule has 0 spiro atoms. The van der Waals surface area contributed by atoms with E-state index in [0.29, 0.717) is 0 Å². The van der Waals surface area contributed by atoms with E-state index >= 15 is 0 Å². The summed E-state index contributed by atoms with van der Waals surface area (Å²) in [5.41, 5.74) is 5.76. The lowest BCUT2D eigenvalue weighted by Gasteiger charge is -2.10. The molecule has 0 amide bonds. The summed E-state index contributed by atoms with van der Waals surface area (Å²) in [5.74, 6) is 1.48. The van der Waals surface area contributed by atoms with Crippen LogP contribution in [0.5, 0.6) is 0 Å². The number of anilines is 2. The average Bonchev–Trinajstić information content (AvgIpc) is 3.31. The van der Waals surface area contributed by atoms with Gasteiger partial charge in [-0.2, -0.15) is 0 Å². The Kier molecular flexibility index (Phi) is 5.21. The number of aryl methyl sites for hydroxylation is 1. The molecule has 150 valence electrons. The highest BCUT2D eigenvalue weighted by Crippen LogP contribution is 2.30. The van der Waals surface area contributed by atoms with Gasteiger partial charge < -0.3 is 5.32 Å². The molecular weight excluding hydrogens is 402 g/mol. The second kappa shape index (κ2) is 8.45. The van der Waals surface area contributed by atoms with Gasteiger partial charge in [0.05, 0.1) is 17.1 Å². The molecule has 0 aliphatic carbocycles. The molecule has 0 unspecified atom stereocenters. The minimum Gasteiger partial charge on any atom is -0.340 e. The molecule has 0 saturated carbocycles. The zero-order valence-electron chi connectivity index (χ0n) is 16.9. The number of thiazole rings is 1. The van der Waals surface area contributed by atoms with Gasteiger partial charge in [0.2, 0.25) is 0 Å². The van der Waals surface area contributed by atoms with Gasteiger partial charge >= 0.3 is 0 Å². The maximum Gasteiger partial charge on any atom is 0.142 e. The van der Waals surface area contributed by atoms with Gasteiger partial charge in [0.1, 0.15) is 16.6 Å². The predicted molar refractivity (Wildman–Crippen MR) is 126 cm³/mol. The predicted octanol–water partition coefficient (Wildman–Crippen LogP) is 6.38. The first-order valence-electron chi connectivity index (χ1n) is 9.90. The second-order valence-corrected chi connectivity index (χ2v) is 7.87. The third-order valence-electron chi connectivity index (χ3n) is 4.73. The molecule has 0 bridgehead atoms. The molecule has 5 aromatic rings. The lowest BCUT2D eigenvalue weighted by Crippen LogP contribution is -1.99. The van der Waals surface area contributed by atoms with Crippen molar-refractivity contribution < 1.29 is 0 Å². The van der Waals surface area contributed by atoms with Crippen LogP contribution < -0.4 is 5.32 Å². The quantitative estimate of drug-likeness (QED) is 0.357. The molecule has 0 aliphatic rings. The van der Waals surface area contributed by atoms with E-state index in [4.69, 9.17) is 4.98 Å². The van der Waals surface area contributed by atoms with Crippen LogP contribution in [0.4, 0.5) is 11.5 Å². The maximum absolute atomic E-state index is 4.77. The van der Waals surface area contributed by atoms with Crippen LogP contribution in [0.3, 0.4) is 0 Å². The van der Waals surface area contributed by atoms with Crippen LogP contribution >= 0.6 is 11.3 Å². The van der Waals surface area contributed by atoms with Gasteiger partial charge in [0.15, 0.2) is 0 Å². The summed E-state index contributed by atoms with van der Waals surface area (Å²) in [7, 11) is 0. The van der Waals surface area contributed by atoms with Gasteiger partial charge in [-0.3, -0.25) is 4.98 Å². The van der Waals surface area contributed by atoms with Gasteiger partial charge in [0.25, 0.3) is 0 Å². The summed E-state index contributed by atoms with van der Waals surface area (Å²) in [5, 5.41) is 6.39. The number of hydrogen-bond acceptors (Lipinski definition) is 6. The third-order valence-corrected chi connectivity index (χ3v) is 5.59. The van der Waals surface area contributed by atoms with E-state index in [1.165, 1.54) is 0 Å². The zero-order valence-corrected chi connectivity index (χ0v) is 17.7. The van der Waals surface area contributed by atoms with Crippen molar-refractivity contribution in [2.45, 2.75) is 6.92 Å². The number of nitrogens with zero attached hydrogens (tertiary/aromatic N) is 4. The smallest absolute Gasteiger partial charge is 0.142 e. The van der Waals surface area contributed by atoms with Crippen LogP contribution in [0.1, 0.15) is 5.82 Å². The molecule has 6 heteroatoms. The number of hydrogen-bond donors (Lipinski definition) is 1. The second-order valence-electron chi connectivity index (χ2n) is 7.01. The Morgan fingerprint density at radius 3 is 2.39 bits per heavy atom. The first-order chi connectivity index (χ1) is 15.2. The summed E-state index contributed by atoms with van der Waals surface area (Å²) in [4.78, 5) is 18.3. The maximum atomic E-state index is 4.77. The summed E-state index contributed by atoms with van der Waals surface area (Å²) >= 11 is 1.59. The third kappa shape index (κ3) is 4.34. The van der Waals surface area contributed by atoms with E-state index in [1.54, 1.807) is 17.5 Å². The van der Waals surface area contributed by atoms with Crippen molar-refractivity contribution in [2.75, 3.05) is 5.32 Å². The molecule has 31 heavy (non-hydrogen) atoms. The van der Waals surface area contributed by atoms with Crippen molar-refractivity contribution in [1.29, 1.82) is 0 Å². The molecule has 0 fully saturated rings. The standard InChI is InChI=1S/C25H19N5S/c1-17-27-22(18-8-3-2-4-9-18)15-24(28-17)29-20-11-7-10-19(14-20)23-16-31-25(30-23)21-12-5-6-13-26-21/h2-16H,1H3,(H,27,28,29). The van der Waals surface area contributed by atoms with Crippen molar-refractivity contribution in [1.82, 2.24) is 19.9 Å². The molecule has 5 rings (SSSR count). The fraction of sp³-hybridized carbons (Fsp3) is 0.0400. The lowest BCUT2D eigenvalue weighted by atomic mass is 10.1. The van der Waals surface area contributed by atoms with Gasteiger partial charge in [-0.1, -0.05) is 48.5 Å². The van der Waals surface area contributed by atoms with Crippen LogP contribution in [0, 0.1) is 6.92 Å². The van der Waals surface area contributed by atoms with Crippen molar-refractivity contribution in [2.24, 2.45) is 0 Å². The molecule has 3 heterocycles. The number of nitrogens with one attached hydrogen (secondary N) is 1. The Labute approximate surface area is 184 Å². The van der Waals surface area contributed by atoms with Crippen LogP contribution in [0.2, 0.25) is 0 Å². The van der Waals surface area contributed by atoms with Crippen LogP contribution in [0.25, 0.3) is 33.2 Å². The number of aromatic nitrogens is 4. The Morgan fingerprint density at radius 2 is 1.55 bits per heavy atom. The van der Waals surface area contributed by atoms with Crippen molar-refractivity contribution >= 4 is 22.8 Å². The highest BCUT2D eigenvalue weighted by Gasteiger charge is 2.09. The summed E-state index contributed by atoms with van der Waals surface area (Å²) in [6, 6.07) is 26.1. The average molecular weight is 422 g/mol. The molecule has 1 N–H and O–H groups in total. The highest BCUT2D eigenvalue weighted by molar-refractivity contribution is 7.13. The van der Waals surface area contributed by atoms with E-state index in [1.807, 2.05) is 73.7 Å². The van der Waals surface area contributed by atoms with E-state index in [2.05, 4.69) is 37.8 Å². The summed E-state index contributed by atoms with van der Waals surface area (Å²) in [6.45, 7) is 1.91. The first kappa shape index (κ1) is 19.1. The van der Waals surface area contributed by atoms with Crippen molar-refractivity contribution in [3.05, 3.63) is 96.3 Å². The molecule has 2 aromatic carbocycles. The molecule has 0 atom stereocenters. The van der Waals surface area contributed by atoms with Gasteiger partial charge in [-0.05, 0) is 31.2 Å². The van der Waals surface area contributed by atoms with E-state index < -0.39 is 0 Å². The topological polar surface area (TPSA) is 63.6 Å². The normalized spacial score (nSPS) is 10.7. The Bertz CT molecular complexity index is 1320. The van der Waals surface area contributed by atoms with Gasteiger partial charge in [-0.15, -0.1) is 11.3 Å². The number of pyridine rings is 1. The monoisotopic (exact) mass is 421 g/mol. The zero-order chi connectivity index (χ0) is 21.0. The van der Waals surface area contributed by atoms with E-state index in [9.17, 15) is 0 Å². The molecule has 0 aliphatic heterocycles. The highest BCUT2D eigenvalue weighted by atomic mass is 32.1. The molecule has 5 nitrogen and oxygen atoms in total. The minimum atomic E-state index is 0.722. The van der Waals surface area contributed by atoms with Crippen molar-refractivity contribution in [3.63, 3.8) is 0 Å². The SMILES string of the molecule is Cc1nc(Nc2cccc(-c3csc(-c4ccccn4)n3)c2)cc(-c2ccccc2)n1. The van der Waals surface area contributed by atoms with Gasteiger partial charge in [-0.25, -0.2) is 15.0 Å². The van der Waals surface area contributed by atoms with Crippen molar-refractivity contribution in [3.8, 4) is 33.2 Å². The summed E-state index contributed by atoms with van der Waals surface area (Å²) in [6.07, 6.45) is 1.79. The molecule has 3 aromatic heterocycles. The van der Waals surface area contributed by atoms with E-state index in [-0.39, 0.29) is 0 Å². The fourth-order valence-electron chi connectivity index (χ4n) is 3.31. The number of rotatable bonds is 5. The van der Waals surface area contributed by atoms with Crippen LogP contribution in [0.15, 0.2) is 90.4 Å². The minimum absolute atomic E-state index is 0.722. The van der Waals surface area contributed by atoms with Crippen LogP contribution in [-0.4, -0.2) is 19.9 Å². The lowest BCUT2D eigenvalue weighted by molar-refractivity contribution is 1.06. The molecule has 0 radical (unpaired) electrons. The Hall–Kier alpha value is -3.90. The fourth-order valence-corrected chi connectivity index (χ4v) is 4.11. The molecule has 0 saturated heterocycles. The number of benzene rings is 2. The summed E-state index contributed by atoms with van der Waals surface area (Å²) < 4.78 is 0. The molecular formula is C25H19N5S. The van der Waals surface area contributed by atoms with Crippen LogP contribution in [-0.2, 0) is 0 Å². The first-order valence-corrected chi connectivity index (χ1v) is 10.8. The Morgan fingerprint density at radius 1 is 0.710 bits per heavy atom. The van der Waals surface area contributed by atoms with Gasteiger partial charge in [0, 0.05) is 34.5 Å². The van der Waals surface area contributed by atoms with E-state index in [0.717, 1.165) is 50.5 Å². The largest absolute Gasteiger partial charge is 0.340 e.